The summed E-state index contributed by atoms with van der Waals surface area (Å²) in [6.45, 7) is 5.37. The molecule has 22 heavy (non-hydrogen) atoms. The third-order valence-corrected chi connectivity index (χ3v) is 4.20. The lowest BCUT2D eigenvalue weighted by atomic mass is 9.86. The van der Waals surface area contributed by atoms with Crippen LogP contribution >= 0.6 is 0 Å². The molecular formula is C16H25N3O3. The van der Waals surface area contributed by atoms with Gasteiger partial charge in [0.25, 0.3) is 5.91 Å². The Hall–Kier alpha value is -1.85. The third-order valence-electron chi connectivity index (χ3n) is 4.20. The number of nitrogens with one attached hydrogen (secondary N) is 1. The zero-order chi connectivity index (χ0) is 16.3. The summed E-state index contributed by atoms with van der Waals surface area (Å²) in [5, 5.41) is 16.2. The topological polar surface area (TPSA) is 84.2 Å². The van der Waals surface area contributed by atoms with Crippen molar-refractivity contribution in [2.45, 2.75) is 65.0 Å². The van der Waals surface area contributed by atoms with Crippen LogP contribution in [0.15, 0.2) is 12.4 Å². The van der Waals surface area contributed by atoms with Crippen LogP contribution < -0.4 is 5.32 Å². The van der Waals surface area contributed by atoms with Gasteiger partial charge < -0.3 is 10.4 Å². The van der Waals surface area contributed by atoms with Crippen LogP contribution in [0.5, 0.6) is 0 Å². The zero-order valence-corrected chi connectivity index (χ0v) is 13.5. The first-order valence-electron chi connectivity index (χ1n) is 7.87. The molecule has 0 saturated heterocycles. The maximum Gasteiger partial charge on any atom is 0.326 e. The molecular weight excluding hydrogens is 282 g/mol. The Balaban J connectivity index is 2.06. The third kappa shape index (κ3) is 3.87. The molecule has 1 aliphatic carbocycles. The Morgan fingerprint density at radius 3 is 2.50 bits per heavy atom. The van der Waals surface area contributed by atoms with Crippen LogP contribution in [-0.2, 0) is 4.79 Å². The van der Waals surface area contributed by atoms with Crippen LogP contribution in [0.3, 0.4) is 0 Å². The van der Waals surface area contributed by atoms with E-state index >= 15 is 0 Å². The fourth-order valence-corrected chi connectivity index (χ4v) is 2.86. The highest BCUT2D eigenvalue weighted by atomic mass is 16.4. The van der Waals surface area contributed by atoms with Gasteiger partial charge in [0, 0.05) is 6.20 Å². The van der Waals surface area contributed by atoms with Gasteiger partial charge in [0.1, 0.15) is 6.04 Å². The standard InChI is InChI=1S/C16H25N3O3/c1-16(2,3)13(15(21)22)18-14(20)11-9-17-19(10-11)12-7-5-4-6-8-12/h9-10,12-13H,4-8H2,1-3H3,(H,18,20)(H,21,22)/t13-/m0/s1. The minimum atomic E-state index is -1.03. The quantitative estimate of drug-likeness (QED) is 0.895. The summed E-state index contributed by atoms with van der Waals surface area (Å²) >= 11 is 0. The molecule has 0 aliphatic heterocycles. The predicted molar refractivity (Wildman–Crippen MR) is 82.7 cm³/mol. The summed E-state index contributed by atoms with van der Waals surface area (Å²) in [6.07, 6.45) is 9.06. The molecule has 0 bridgehead atoms. The number of nitrogens with zero attached hydrogens (tertiary/aromatic N) is 2. The second-order valence-corrected chi connectivity index (χ2v) is 7.11. The molecule has 1 heterocycles. The van der Waals surface area contributed by atoms with Crippen molar-refractivity contribution in [3.63, 3.8) is 0 Å². The molecule has 122 valence electrons. The Morgan fingerprint density at radius 2 is 1.95 bits per heavy atom. The van der Waals surface area contributed by atoms with E-state index in [0.29, 0.717) is 11.6 Å². The highest BCUT2D eigenvalue weighted by Crippen LogP contribution is 2.27. The molecule has 2 N–H and O–H groups in total. The molecule has 2 rings (SSSR count). The molecule has 0 radical (unpaired) electrons. The molecule has 1 aromatic rings. The smallest absolute Gasteiger partial charge is 0.326 e. The van der Waals surface area contributed by atoms with Crippen molar-refractivity contribution in [3.8, 4) is 0 Å². The fraction of sp³-hybridized carbons (Fsp3) is 0.688. The van der Waals surface area contributed by atoms with Crippen molar-refractivity contribution in [3.05, 3.63) is 18.0 Å². The summed E-state index contributed by atoms with van der Waals surface area (Å²) in [5.74, 6) is -1.41. The van der Waals surface area contributed by atoms with Crippen molar-refractivity contribution in [2.24, 2.45) is 5.41 Å². The normalized spacial score (nSPS) is 18.0. The number of hydrogen-bond acceptors (Lipinski definition) is 3. The van der Waals surface area contributed by atoms with Gasteiger partial charge in [-0.3, -0.25) is 9.48 Å². The van der Waals surface area contributed by atoms with Crippen molar-refractivity contribution in [1.82, 2.24) is 15.1 Å². The number of carbonyl (C=O) groups is 2. The molecule has 1 aromatic heterocycles. The van der Waals surface area contributed by atoms with Gasteiger partial charge in [-0.1, -0.05) is 40.0 Å². The number of carbonyl (C=O) groups excluding carboxylic acids is 1. The number of aromatic nitrogens is 2. The van der Waals surface area contributed by atoms with Gasteiger partial charge in [-0.05, 0) is 18.3 Å². The molecule has 6 nitrogen and oxygen atoms in total. The second-order valence-electron chi connectivity index (χ2n) is 7.11. The van der Waals surface area contributed by atoms with Crippen LogP contribution in [-0.4, -0.2) is 32.8 Å². The number of rotatable bonds is 4. The van der Waals surface area contributed by atoms with Gasteiger partial charge in [0.2, 0.25) is 0 Å². The summed E-state index contributed by atoms with van der Waals surface area (Å²) < 4.78 is 1.85. The maximum absolute atomic E-state index is 12.3. The first kappa shape index (κ1) is 16.5. The van der Waals surface area contributed by atoms with Gasteiger partial charge in [-0.2, -0.15) is 5.10 Å². The van der Waals surface area contributed by atoms with Crippen LogP contribution in [0.1, 0.15) is 69.3 Å². The van der Waals surface area contributed by atoms with Gasteiger partial charge in [0.15, 0.2) is 0 Å². The van der Waals surface area contributed by atoms with E-state index in [9.17, 15) is 14.7 Å². The lowest BCUT2D eigenvalue weighted by Gasteiger charge is -2.27. The summed E-state index contributed by atoms with van der Waals surface area (Å²) in [6, 6.07) is -0.578. The Morgan fingerprint density at radius 1 is 1.32 bits per heavy atom. The minimum Gasteiger partial charge on any atom is -0.480 e. The minimum absolute atomic E-state index is 0.355. The lowest BCUT2D eigenvalue weighted by molar-refractivity contribution is -0.142. The van der Waals surface area contributed by atoms with E-state index in [1.165, 1.54) is 25.5 Å². The largest absolute Gasteiger partial charge is 0.480 e. The van der Waals surface area contributed by atoms with E-state index in [-0.39, 0.29) is 5.91 Å². The fourth-order valence-electron chi connectivity index (χ4n) is 2.86. The molecule has 0 aromatic carbocycles. The van der Waals surface area contributed by atoms with Gasteiger partial charge >= 0.3 is 5.97 Å². The van der Waals surface area contributed by atoms with Crippen LogP contribution in [0.25, 0.3) is 0 Å². The Labute approximate surface area is 130 Å². The van der Waals surface area contributed by atoms with Crippen LogP contribution in [0.4, 0.5) is 0 Å². The van der Waals surface area contributed by atoms with E-state index in [1.54, 1.807) is 27.0 Å². The number of amides is 1. The maximum atomic E-state index is 12.3. The van der Waals surface area contributed by atoms with Crippen LogP contribution in [0.2, 0.25) is 0 Å². The van der Waals surface area contributed by atoms with Gasteiger partial charge in [-0.15, -0.1) is 0 Å². The zero-order valence-electron chi connectivity index (χ0n) is 13.5. The van der Waals surface area contributed by atoms with E-state index in [4.69, 9.17) is 0 Å². The number of carboxylic acids is 1. The van der Waals surface area contributed by atoms with Gasteiger partial charge in [-0.25, -0.2) is 4.79 Å². The van der Waals surface area contributed by atoms with Crippen LogP contribution in [0, 0.1) is 5.41 Å². The van der Waals surface area contributed by atoms with E-state index in [0.717, 1.165) is 12.8 Å². The Kier molecular flexibility index (Phi) is 4.88. The second kappa shape index (κ2) is 6.50. The van der Waals surface area contributed by atoms with E-state index in [1.807, 2.05) is 4.68 Å². The number of carboxylic acid groups (broad SMARTS) is 1. The molecule has 1 amide bonds. The van der Waals surface area contributed by atoms with Crippen molar-refractivity contribution in [1.29, 1.82) is 0 Å². The molecule has 1 saturated carbocycles. The lowest BCUT2D eigenvalue weighted by Crippen LogP contribution is -2.49. The molecule has 0 unspecified atom stereocenters. The van der Waals surface area contributed by atoms with E-state index < -0.39 is 17.4 Å². The van der Waals surface area contributed by atoms with E-state index in [2.05, 4.69) is 10.4 Å². The molecule has 0 spiro atoms. The SMILES string of the molecule is CC(C)(C)[C@@H](NC(=O)c1cnn(C2CCCCC2)c1)C(=O)O. The molecule has 1 fully saturated rings. The first-order valence-corrected chi connectivity index (χ1v) is 7.87. The van der Waals surface area contributed by atoms with Crippen molar-refractivity contribution in [2.75, 3.05) is 0 Å². The Bertz CT molecular complexity index is 539. The monoisotopic (exact) mass is 307 g/mol. The molecule has 1 atom stereocenters. The van der Waals surface area contributed by atoms with Gasteiger partial charge in [0.05, 0.1) is 17.8 Å². The van der Waals surface area contributed by atoms with Crippen molar-refractivity contribution >= 4 is 11.9 Å². The number of aliphatic carboxylic acids is 1. The summed E-state index contributed by atoms with van der Waals surface area (Å²) in [4.78, 5) is 23.6. The predicted octanol–water partition coefficient (Wildman–Crippen LogP) is 2.62. The highest BCUT2D eigenvalue weighted by Gasteiger charge is 2.33. The molecule has 6 heteroatoms. The summed E-state index contributed by atoms with van der Waals surface area (Å²) in [7, 11) is 0. The average molecular weight is 307 g/mol. The molecule has 1 aliphatic rings. The van der Waals surface area contributed by atoms with Crippen molar-refractivity contribution < 1.29 is 14.7 Å². The average Bonchev–Trinajstić information content (AvgIpc) is 2.93. The highest BCUT2D eigenvalue weighted by molar-refractivity contribution is 5.96. The number of hydrogen-bond donors (Lipinski definition) is 2. The first-order chi connectivity index (χ1) is 10.3. The summed E-state index contributed by atoms with van der Waals surface area (Å²) in [5.41, 5.74) is -0.137.